The fraction of sp³-hybridized carbons (Fsp3) is 1.00. The highest BCUT2D eigenvalue weighted by Crippen LogP contribution is 1.76. The van der Waals surface area contributed by atoms with E-state index in [1.807, 2.05) is 0 Å². The van der Waals surface area contributed by atoms with Crippen molar-refractivity contribution < 1.29 is 17.5 Å². The Morgan fingerprint density at radius 2 is 1.20 bits per heavy atom. The minimum atomic E-state index is -4.67. The molecule has 0 aromatic heterocycles. The quantitative estimate of drug-likeness (QED) is 0.274. The van der Waals surface area contributed by atoms with E-state index in [1.165, 1.54) is 0 Å². The van der Waals surface area contributed by atoms with Crippen molar-refractivity contribution in [3.05, 3.63) is 0 Å². The lowest BCUT2D eigenvalue weighted by Crippen LogP contribution is -2.42. The first kappa shape index (κ1) is 12.5. The summed E-state index contributed by atoms with van der Waals surface area (Å²) in [5.41, 5.74) is 9.76. The van der Waals surface area contributed by atoms with Gasteiger partial charge >= 0.3 is 10.4 Å². The summed E-state index contributed by atoms with van der Waals surface area (Å²) in [5, 5.41) is 0. The van der Waals surface area contributed by atoms with Crippen molar-refractivity contribution in [2.45, 2.75) is 19.5 Å². The summed E-state index contributed by atoms with van der Waals surface area (Å²) in [5.74, 6) is 0. The monoisotopic (exact) mass is 172 g/mol. The van der Waals surface area contributed by atoms with Crippen LogP contribution in [0.1, 0.15) is 13.8 Å². The van der Waals surface area contributed by atoms with Gasteiger partial charge in [0.1, 0.15) is 0 Å². The molecule has 0 spiro atoms. The number of nitrogens with two attached hydrogens (primary N) is 2. The molecule has 0 saturated carbocycles. The highest BCUT2D eigenvalue weighted by Gasteiger charge is 1.95. The highest BCUT2D eigenvalue weighted by molar-refractivity contribution is 7.79. The second-order valence-corrected chi connectivity index (χ2v) is 3.16. The van der Waals surface area contributed by atoms with E-state index in [4.69, 9.17) is 29.0 Å². The Bertz CT molecular complexity index is 153. The molecular weight excluding hydrogens is 160 g/mol. The minimum absolute atomic E-state index is 0.500. The minimum Gasteiger partial charge on any atom is -0.314 e. The molecule has 10 heavy (non-hydrogen) atoms. The Balaban J connectivity index is 0. The third-order valence-corrected chi connectivity index (χ3v) is 0. The van der Waals surface area contributed by atoms with E-state index in [2.05, 4.69) is 0 Å². The molecule has 0 aliphatic heterocycles. The van der Waals surface area contributed by atoms with E-state index in [9.17, 15) is 0 Å². The largest absolute Gasteiger partial charge is 0.394 e. The molecule has 0 saturated heterocycles. The molecule has 7 heteroatoms. The molecule has 0 heterocycles. The smallest absolute Gasteiger partial charge is 0.314 e. The van der Waals surface area contributed by atoms with Crippen LogP contribution < -0.4 is 11.5 Å². The summed E-state index contributed by atoms with van der Waals surface area (Å²) >= 11 is 0. The van der Waals surface area contributed by atoms with Crippen LogP contribution in [0.4, 0.5) is 0 Å². The molecule has 0 atom stereocenters. The Morgan fingerprint density at radius 1 is 1.20 bits per heavy atom. The maximum Gasteiger partial charge on any atom is 0.394 e. The van der Waals surface area contributed by atoms with Crippen LogP contribution in [0.5, 0.6) is 0 Å². The van der Waals surface area contributed by atoms with Crippen LogP contribution in [0, 0.1) is 0 Å². The summed E-state index contributed by atoms with van der Waals surface area (Å²) in [6, 6.07) is 0. The molecule has 0 aromatic carbocycles. The Hall–Kier alpha value is -0.210. The molecule has 0 bridgehead atoms. The van der Waals surface area contributed by atoms with Crippen molar-refractivity contribution in [3.8, 4) is 0 Å². The lowest BCUT2D eigenvalue weighted by Gasteiger charge is -2.07. The molecule has 0 aliphatic carbocycles. The standard InChI is InChI=1S/C3H10N2.H2O4S/c1-3(2,4)5;1-5(2,3)4/h4-5H2,1-2H3;(H2,1,2,3,4). The third kappa shape index (κ3) is 8140. The molecule has 0 aliphatic rings. The molecule has 6 N–H and O–H groups in total. The van der Waals surface area contributed by atoms with Gasteiger partial charge in [0.2, 0.25) is 0 Å². The van der Waals surface area contributed by atoms with Gasteiger partial charge in [0.25, 0.3) is 0 Å². The molecule has 0 amide bonds. The topological polar surface area (TPSA) is 127 Å². The van der Waals surface area contributed by atoms with E-state index in [1.54, 1.807) is 13.8 Å². The average molecular weight is 172 g/mol. The first-order chi connectivity index (χ1) is 4.00. The third-order valence-electron chi connectivity index (χ3n) is 0. The molecule has 0 radical (unpaired) electrons. The summed E-state index contributed by atoms with van der Waals surface area (Å²) in [6.07, 6.45) is 0. The van der Waals surface area contributed by atoms with Crippen molar-refractivity contribution >= 4 is 10.4 Å². The number of hydrogen-bond acceptors (Lipinski definition) is 4. The molecule has 0 unspecified atom stereocenters. The molecular formula is C3H12N2O4S. The van der Waals surface area contributed by atoms with Gasteiger partial charge in [0.15, 0.2) is 0 Å². The van der Waals surface area contributed by atoms with Gasteiger partial charge in [-0.05, 0) is 13.8 Å². The van der Waals surface area contributed by atoms with Crippen molar-refractivity contribution in [2.24, 2.45) is 11.5 Å². The van der Waals surface area contributed by atoms with Gasteiger partial charge in [-0.25, -0.2) is 0 Å². The highest BCUT2D eigenvalue weighted by atomic mass is 32.3. The zero-order chi connectivity index (χ0) is 9.00. The van der Waals surface area contributed by atoms with Gasteiger partial charge < -0.3 is 11.5 Å². The Kier molecular flexibility index (Phi) is 4.78. The molecule has 64 valence electrons. The first-order valence-corrected chi connectivity index (χ1v) is 3.67. The summed E-state index contributed by atoms with van der Waals surface area (Å²) in [6.45, 7) is 3.49. The predicted molar refractivity (Wildman–Crippen MR) is 36.6 cm³/mol. The zero-order valence-corrected chi connectivity index (χ0v) is 6.59. The molecule has 0 aromatic rings. The Morgan fingerprint density at radius 3 is 1.20 bits per heavy atom. The van der Waals surface area contributed by atoms with E-state index < -0.39 is 16.1 Å². The lowest BCUT2D eigenvalue weighted by atomic mass is 10.3. The van der Waals surface area contributed by atoms with Crippen molar-refractivity contribution in [1.82, 2.24) is 0 Å². The van der Waals surface area contributed by atoms with E-state index in [-0.39, 0.29) is 0 Å². The number of rotatable bonds is 0. The van der Waals surface area contributed by atoms with Gasteiger partial charge in [-0.15, -0.1) is 0 Å². The van der Waals surface area contributed by atoms with Crippen LogP contribution in [0.2, 0.25) is 0 Å². The second kappa shape index (κ2) is 3.84. The molecule has 0 rings (SSSR count). The van der Waals surface area contributed by atoms with Gasteiger partial charge in [0.05, 0.1) is 5.66 Å². The van der Waals surface area contributed by atoms with Gasteiger partial charge in [-0.2, -0.15) is 8.42 Å². The van der Waals surface area contributed by atoms with E-state index in [0.29, 0.717) is 0 Å². The number of hydrogen-bond donors (Lipinski definition) is 4. The van der Waals surface area contributed by atoms with Crippen molar-refractivity contribution in [2.75, 3.05) is 0 Å². The van der Waals surface area contributed by atoms with Crippen molar-refractivity contribution in [3.63, 3.8) is 0 Å². The molecule has 0 fully saturated rings. The first-order valence-electron chi connectivity index (χ1n) is 2.28. The van der Waals surface area contributed by atoms with Gasteiger partial charge in [-0.1, -0.05) is 0 Å². The van der Waals surface area contributed by atoms with Crippen LogP contribution in [0.25, 0.3) is 0 Å². The van der Waals surface area contributed by atoms with Crippen LogP contribution in [-0.4, -0.2) is 23.2 Å². The molecule has 6 nitrogen and oxygen atoms in total. The average Bonchev–Trinajstić information content (AvgIpc) is 1.12. The fourth-order valence-corrected chi connectivity index (χ4v) is 0. The summed E-state index contributed by atoms with van der Waals surface area (Å²) in [4.78, 5) is 0. The normalized spacial score (nSPS) is 11.8. The van der Waals surface area contributed by atoms with Crippen LogP contribution in [-0.2, 0) is 10.4 Å². The summed E-state index contributed by atoms with van der Waals surface area (Å²) < 4.78 is 31.6. The van der Waals surface area contributed by atoms with Gasteiger partial charge in [0, 0.05) is 0 Å². The van der Waals surface area contributed by atoms with Crippen LogP contribution >= 0.6 is 0 Å². The van der Waals surface area contributed by atoms with Gasteiger partial charge in [-0.3, -0.25) is 9.11 Å². The second-order valence-electron chi connectivity index (χ2n) is 2.27. The SMILES string of the molecule is CC(C)(N)N.O=S(=O)(O)O. The fourth-order valence-electron chi connectivity index (χ4n) is 0. The predicted octanol–water partition coefficient (Wildman–Crippen LogP) is -1.01. The lowest BCUT2D eigenvalue weighted by molar-refractivity contribution is 0.381. The summed E-state index contributed by atoms with van der Waals surface area (Å²) in [7, 11) is -4.67. The van der Waals surface area contributed by atoms with Crippen LogP contribution in [0.15, 0.2) is 0 Å². The van der Waals surface area contributed by atoms with E-state index in [0.717, 1.165) is 0 Å². The zero-order valence-electron chi connectivity index (χ0n) is 5.77. The van der Waals surface area contributed by atoms with Crippen LogP contribution in [0.3, 0.4) is 0 Å². The maximum atomic E-state index is 8.74. The Labute approximate surface area is 59.8 Å². The maximum absolute atomic E-state index is 8.74. The van der Waals surface area contributed by atoms with Crippen molar-refractivity contribution in [1.29, 1.82) is 0 Å². The van der Waals surface area contributed by atoms with E-state index >= 15 is 0 Å².